The second kappa shape index (κ2) is 13.6. The van der Waals surface area contributed by atoms with Crippen molar-refractivity contribution in [2.75, 3.05) is 18.4 Å². The predicted molar refractivity (Wildman–Crippen MR) is 185 cm³/mol. The van der Waals surface area contributed by atoms with Crippen LogP contribution in [0, 0.1) is 5.92 Å². The molecular weight excluding hydrogens is 588 g/mol. The van der Waals surface area contributed by atoms with Crippen molar-refractivity contribution in [3.8, 4) is 11.3 Å². The molecule has 1 saturated heterocycles. The lowest BCUT2D eigenvalue weighted by atomic mass is 9.81. The van der Waals surface area contributed by atoms with Crippen LogP contribution in [-0.4, -0.2) is 46.6 Å². The largest absolute Gasteiger partial charge is 0.478 e. The smallest absolute Gasteiger partial charge is 0.328 e. The number of benzene rings is 3. The minimum atomic E-state index is -1.01. The van der Waals surface area contributed by atoms with Gasteiger partial charge in [0, 0.05) is 59.5 Å². The average molecular weight is 631 g/mol. The fourth-order valence-electron chi connectivity index (χ4n) is 7.85. The zero-order chi connectivity index (χ0) is 32.3. The average Bonchev–Trinajstić information content (AvgIpc) is 3.29. The summed E-state index contributed by atoms with van der Waals surface area (Å²) in [5, 5.41) is 19.6. The number of anilines is 1. The lowest BCUT2D eigenvalue weighted by molar-refractivity contribution is -0.131. The van der Waals surface area contributed by atoms with E-state index >= 15 is 0 Å². The van der Waals surface area contributed by atoms with Gasteiger partial charge in [-0.25, -0.2) is 4.79 Å². The molecule has 4 aromatic rings. The Morgan fingerprint density at radius 1 is 0.915 bits per heavy atom. The van der Waals surface area contributed by atoms with Crippen LogP contribution in [-0.2, 0) is 22.6 Å². The molecule has 1 aromatic heterocycles. The molecule has 3 aromatic carbocycles. The number of amides is 2. The molecule has 8 nitrogen and oxygen atoms in total. The van der Waals surface area contributed by atoms with Gasteiger partial charge in [-0.3, -0.25) is 9.59 Å². The molecule has 3 aliphatic rings. The molecular formula is C39H42N4O4. The first kappa shape index (κ1) is 30.9. The summed E-state index contributed by atoms with van der Waals surface area (Å²) >= 11 is 0. The molecule has 0 radical (unpaired) electrons. The van der Waals surface area contributed by atoms with Gasteiger partial charge < -0.3 is 25.6 Å². The van der Waals surface area contributed by atoms with Crippen molar-refractivity contribution >= 4 is 40.4 Å². The molecule has 2 unspecified atom stereocenters. The Balaban J connectivity index is 1.09. The number of hydrogen-bond donors (Lipinski definition) is 4. The van der Waals surface area contributed by atoms with Crippen LogP contribution in [0.25, 0.3) is 28.2 Å². The number of nitrogens with zero attached hydrogens (tertiary/aromatic N) is 1. The summed E-state index contributed by atoms with van der Waals surface area (Å²) in [6.07, 6.45) is 11.5. The number of aryl methyl sites for hydroxylation is 2. The Hall–Kier alpha value is -4.69. The van der Waals surface area contributed by atoms with Crippen molar-refractivity contribution in [3.63, 3.8) is 0 Å². The van der Waals surface area contributed by atoms with Gasteiger partial charge in [-0.1, -0.05) is 61.7 Å². The topological polar surface area (TPSA) is 112 Å². The molecule has 2 amide bonds. The monoisotopic (exact) mass is 630 g/mol. The zero-order valence-corrected chi connectivity index (χ0v) is 26.6. The van der Waals surface area contributed by atoms with E-state index in [-0.39, 0.29) is 23.8 Å². The van der Waals surface area contributed by atoms with Crippen LogP contribution in [0.1, 0.15) is 77.9 Å². The van der Waals surface area contributed by atoms with Crippen molar-refractivity contribution in [2.24, 2.45) is 5.92 Å². The van der Waals surface area contributed by atoms with E-state index in [0.717, 1.165) is 36.5 Å². The lowest BCUT2D eigenvalue weighted by Gasteiger charge is -2.30. The van der Waals surface area contributed by atoms with Gasteiger partial charge in [0.25, 0.3) is 5.91 Å². The maximum atomic E-state index is 13.7. The van der Waals surface area contributed by atoms with Crippen molar-refractivity contribution < 1.29 is 19.5 Å². The SMILES string of the molecule is O=C(O)/C=C/c1ccc(NC(=O)C2CNCC(NC(=O)c3ccc4c(C5CCCCC5)c5n(c4c3)CCCc3ccccc3-5)C2)cc1. The Morgan fingerprint density at radius 2 is 1.72 bits per heavy atom. The van der Waals surface area contributed by atoms with E-state index in [4.69, 9.17) is 5.11 Å². The molecule has 0 bridgehead atoms. The fraction of sp³-hybridized carbons (Fsp3) is 0.359. The highest BCUT2D eigenvalue weighted by atomic mass is 16.4. The molecule has 1 aliphatic carbocycles. The van der Waals surface area contributed by atoms with Gasteiger partial charge >= 0.3 is 5.97 Å². The van der Waals surface area contributed by atoms with Crippen molar-refractivity contribution in [1.82, 2.24) is 15.2 Å². The number of carboxylic acids is 1. The summed E-state index contributed by atoms with van der Waals surface area (Å²) in [5.74, 6) is -1.01. The Bertz CT molecular complexity index is 1830. The van der Waals surface area contributed by atoms with Crippen molar-refractivity contribution in [1.29, 1.82) is 0 Å². The molecule has 7 rings (SSSR count). The number of carboxylic acid groups (broad SMARTS) is 1. The second-order valence-corrected chi connectivity index (χ2v) is 13.3. The van der Waals surface area contributed by atoms with E-state index in [1.54, 1.807) is 24.3 Å². The Morgan fingerprint density at radius 3 is 2.53 bits per heavy atom. The van der Waals surface area contributed by atoms with Crippen LogP contribution in [0.2, 0.25) is 0 Å². The third-order valence-corrected chi connectivity index (χ3v) is 10.1. The minimum Gasteiger partial charge on any atom is -0.478 e. The first-order valence-corrected chi connectivity index (χ1v) is 17.0. The zero-order valence-electron chi connectivity index (χ0n) is 26.6. The lowest BCUT2D eigenvalue weighted by Crippen LogP contribution is -2.51. The minimum absolute atomic E-state index is 0.113. The first-order chi connectivity index (χ1) is 22.9. The van der Waals surface area contributed by atoms with Crippen LogP contribution >= 0.6 is 0 Å². The summed E-state index contributed by atoms with van der Waals surface area (Å²) in [4.78, 5) is 37.6. The van der Waals surface area contributed by atoms with E-state index in [2.05, 4.69) is 56.9 Å². The summed E-state index contributed by atoms with van der Waals surface area (Å²) < 4.78 is 2.49. The summed E-state index contributed by atoms with van der Waals surface area (Å²) in [7, 11) is 0. The molecule has 2 aliphatic heterocycles. The van der Waals surface area contributed by atoms with Gasteiger partial charge in [0.2, 0.25) is 5.91 Å². The first-order valence-electron chi connectivity index (χ1n) is 17.0. The van der Waals surface area contributed by atoms with Gasteiger partial charge in [0.05, 0.1) is 11.6 Å². The number of carbonyl (C=O) groups excluding carboxylic acids is 2. The number of piperidine rings is 1. The molecule has 0 spiro atoms. The van der Waals surface area contributed by atoms with Gasteiger partial charge in [-0.05, 0) is 85.1 Å². The summed E-state index contributed by atoms with van der Waals surface area (Å²) in [6.45, 7) is 2.07. The maximum Gasteiger partial charge on any atom is 0.328 e. The van der Waals surface area contributed by atoms with Crippen molar-refractivity contribution in [3.05, 3.63) is 95.1 Å². The second-order valence-electron chi connectivity index (χ2n) is 13.3. The van der Waals surface area contributed by atoms with E-state index < -0.39 is 5.97 Å². The number of rotatable bonds is 7. The third-order valence-electron chi connectivity index (χ3n) is 10.1. The fourth-order valence-corrected chi connectivity index (χ4v) is 7.85. The molecule has 8 heteroatoms. The van der Waals surface area contributed by atoms with Crippen LogP contribution in [0.3, 0.4) is 0 Å². The normalized spacial score (nSPS) is 19.9. The number of aromatic nitrogens is 1. The molecule has 242 valence electrons. The Kier molecular flexibility index (Phi) is 8.94. The maximum absolute atomic E-state index is 13.7. The van der Waals surface area contributed by atoms with Gasteiger partial charge in [0.15, 0.2) is 0 Å². The summed E-state index contributed by atoms with van der Waals surface area (Å²) in [6, 6.07) is 21.9. The molecule has 1 saturated carbocycles. The van der Waals surface area contributed by atoms with E-state index in [0.29, 0.717) is 36.7 Å². The van der Waals surface area contributed by atoms with Crippen LogP contribution in [0.4, 0.5) is 5.69 Å². The van der Waals surface area contributed by atoms with E-state index in [1.807, 2.05) is 6.07 Å². The standard InChI is InChI=1S/C39H42N4O4/c44-35(45)19-14-25-12-16-30(17-13-25)41-39(47)29-21-31(24-40-23-29)42-38(46)28-15-18-33-34(22-28)43-20-6-10-26-7-4-5-11-32(26)37(43)36(33)27-8-2-1-3-9-27/h4-5,7,11-19,22,27,29,31,40H,1-3,6,8-10,20-21,23-24H2,(H,41,47)(H,42,46)(H,44,45)/b19-14+. The van der Waals surface area contributed by atoms with Crippen LogP contribution in [0.15, 0.2) is 72.8 Å². The summed E-state index contributed by atoms with van der Waals surface area (Å²) in [5.41, 5.74) is 8.75. The van der Waals surface area contributed by atoms with Gasteiger partial charge in [-0.15, -0.1) is 0 Å². The van der Waals surface area contributed by atoms with Crippen molar-refractivity contribution in [2.45, 2.75) is 69.9 Å². The predicted octanol–water partition coefficient (Wildman–Crippen LogP) is 6.75. The van der Waals surface area contributed by atoms with E-state index in [9.17, 15) is 14.4 Å². The third kappa shape index (κ3) is 6.60. The highest BCUT2D eigenvalue weighted by Crippen LogP contribution is 2.46. The molecule has 2 fully saturated rings. The number of hydrogen-bond acceptors (Lipinski definition) is 4. The molecule has 2 atom stereocenters. The Labute approximate surface area is 275 Å². The number of nitrogens with one attached hydrogen (secondary N) is 3. The van der Waals surface area contributed by atoms with Gasteiger partial charge in [0.1, 0.15) is 0 Å². The highest BCUT2D eigenvalue weighted by molar-refractivity contribution is 6.01. The number of fused-ring (bicyclic) bond motifs is 5. The molecule has 3 heterocycles. The number of aliphatic carboxylic acids is 1. The highest BCUT2D eigenvalue weighted by Gasteiger charge is 2.31. The van der Waals surface area contributed by atoms with Gasteiger partial charge in [-0.2, -0.15) is 0 Å². The quantitative estimate of drug-likeness (QED) is 0.169. The molecule has 4 N–H and O–H groups in total. The van der Waals surface area contributed by atoms with Crippen LogP contribution < -0.4 is 16.0 Å². The van der Waals surface area contributed by atoms with Crippen LogP contribution in [0.5, 0.6) is 0 Å². The molecule has 47 heavy (non-hydrogen) atoms. The van der Waals surface area contributed by atoms with E-state index in [1.165, 1.54) is 66.0 Å². The number of carbonyl (C=O) groups is 3.